The van der Waals surface area contributed by atoms with E-state index < -0.39 is 4.33 Å². The number of ketones is 1. The van der Waals surface area contributed by atoms with Crippen LogP contribution in [0.4, 0.5) is 0 Å². The van der Waals surface area contributed by atoms with Gasteiger partial charge in [0.2, 0.25) is 4.33 Å². The highest BCUT2D eigenvalue weighted by Gasteiger charge is 2.53. The molecule has 9 heavy (non-hydrogen) atoms. The Bertz CT molecular complexity index is 144. The Hall–Kier alpha value is 0.210. The smallest absolute Gasteiger partial charge is 0.202 e. The van der Waals surface area contributed by atoms with E-state index in [9.17, 15) is 4.79 Å². The van der Waals surface area contributed by atoms with Crippen LogP contribution in [-0.4, -0.2) is 23.3 Å². The van der Waals surface area contributed by atoms with E-state index in [1.165, 1.54) is 7.11 Å². The molecule has 2 nitrogen and oxygen atoms in total. The second kappa shape index (κ2) is 2.11. The van der Waals surface area contributed by atoms with Crippen molar-refractivity contribution in [1.82, 2.24) is 0 Å². The Kier molecular flexibility index (Phi) is 1.72. The summed E-state index contributed by atoms with van der Waals surface area (Å²) in [5, 5.41) is 0. The molecule has 1 saturated carbocycles. The van der Waals surface area contributed by atoms with Crippen molar-refractivity contribution in [3.8, 4) is 0 Å². The fourth-order valence-electron chi connectivity index (χ4n) is 0.712. The number of alkyl halides is 2. The van der Waals surface area contributed by atoms with Crippen LogP contribution in [0, 0.1) is 0 Å². The van der Waals surface area contributed by atoms with Crippen molar-refractivity contribution >= 4 is 29.0 Å². The van der Waals surface area contributed by atoms with Crippen LogP contribution in [0.25, 0.3) is 0 Å². The predicted octanol–water partition coefficient (Wildman–Crippen LogP) is 1.15. The van der Waals surface area contributed by atoms with Crippen LogP contribution in [0.15, 0.2) is 0 Å². The molecule has 0 aromatic rings. The number of halogens is 2. The molecule has 1 rings (SSSR count). The van der Waals surface area contributed by atoms with Crippen molar-refractivity contribution in [2.24, 2.45) is 0 Å². The highest BCUT2D eigenvalue weighted by molar-refractivity contribution is 6.60. The molecule has 1 aliphatic rings. The molecule has 1 fully saturated rings. The maximum Gasteiger partial charge on any atom is 0.202 e. The first-order valence-electron chi connectivity index (χ1n) is 2.53. The minimum absolute atomic E-state index is 0.155. The number of carbonyl (C=O) groups excluding carboxylic acids is 1. The van der Waals surface area contributed by atoms with Gasteiger partial charge in [-0.05, 0) is 0 Å². The Balaban J connectivity index is 2.58. The summed E-state index contributed by atoms with van der Waals surface area (Å²) < 4.78 is 3.52. The first kappa shape index (κ1) is 7.32. The molecular formula is C5H6Cl2O2. The van der Waals surface area contributed by atoms with Gasteiger partial charge in [0.25, 0.3) is 0 Å². The third kappa shape index (κ3) is 0.955. The summed E-state index contributed by atoms with van der Waals surface area (Å²) in [6.45, 7) is 0. The van der Waals surface area contributed by atoms with Crippen LogP contribution in [0.1, 0.15) is 6.42 Å². The van der Waals surface area contributed by atoms with Crippen molar-refractivity contribution in [3.63, 3.8) is 0 Å². The zero-order chi connectivity index (χ0) is 7.07. The van der Waals surface area contributed by atoms with E-state index in [0.717, 1.165) is 0 Å². The molecule has 1 aliphatic carbocycles. The molecule has 0 heterocycles. The molecule has 0 aliphatic heterocycles. The highest BCUT2D eigenvalue weighted by atomic mass is 35.5. The normalized spacial score (nSPS) is 31.9. The number of hydrogen-bond donors (Lipinski definition) is 0. The van der Waals surface area contributed by atoms with E-state index in [1.54, 1.807) is 0 Å². The topological polar surface area (TPSA) is 26.3 Å². The average molecular weight is 169 g/mol. The summed E-state index contributed by atoms with van der Waals surface area (Å²) >= 11 is 11.0. The summed E-state index contributed by atoms with van der Waals surface area (Å²) in [5.41, 5.74) is 0. The third-order valence-corrected chi connectivity index (χ3v) is 2.34. The van der Waals surface area contributed by atoms with Gasteiger partial charge in [0.1, 0.15) is 6.10 Å². The average Bonchev–Trinajstić information content (AvgIpc) is 1.82. The monoisotopic (exact) mass is 168 g/mol. The molecule has 0 bridgehead atoms. The first-order chi connectivity index (χ1) is 4.09. The Morgan fingerprint density at radius 2 is 2.33 bits per heavy atom. The second-order valence-corrected chi connectivity index (χ2v) is 3.36. The lowest BCUT2D eigenvalue weighted by Gasteiger charge is -2.36. The van der Waals surface area contributed by atoms with Crippen LogP contribution >= 0.6 is 23.2 Å². The number of ether oxygens (including phenoxy) is 1. The predicted molar refractivity (Wildman–Crippen MR) is 34.9 cm³/mol. The van der Waals surface area contributed by atoms with Crippen molar-refractivity contribution in [2.45, 2.75) is 16.9 Å². The molecular weight excluding hydrogens is 163 g/mol. The van der Waals surface area contributed by atoms with Gasteiger partial charge in [-0.3, -0.25) is 4.79 Å². The molecule has 0 N–H and O–H groups in total. The lowest BCUT2D eigenvalue weighted by Crippen LogP contribution is -2.52. The van der Waals surface area contributed by atoms with Gasteiger partial charge in [0.05, 0.1) is 0 Å². The third-order valence-electron chi connectivity index (χ3n) is 1.43. The summed E-state index contributed by atoms with van der Waals surface area (Å²) in [4.78, 5) is 10.6. The van der Waals surface area contributed by atoms with E-state index in [-0.39, 0.29) is 11.9 Å². The van der Waals surface area contributed by atoms with Crippen LogP contribution in [-0.2, 0) is 9.53 Å². The fourth-order valence-corrected chi connectivity index (χ4v) is 1.20. The maximum atomic E-state index is 10.6. The first-order valence-corrected chi connectivity index (χ1v) is 3.28. The van der Waals surface area contributed by atoms with E-state index in [4.69, 9.17) is 27.9 Å². The molecule has 0 radical (unpaired) electrons. The van der Waals surface area contributed by atoms with Crippen LogP contribution in [0.3, 0.4) is 0 Å². The van der Waals surface area contributed by atoms with Gasteiger partial charge in [-0.2, -0.15) is 0 Å². The summed E-state index contributed by atoms with van der Waals surface area (Å²) in [6.07, 6.45) is 0.0251. The van der Waals surface area contributed by atoms with Crippen molar-refractivity contribution in [1.29, 1.82) is 0 Å². The standard InChI is InChI=1S/C5H6Cl2O2/c1-9-4-2-3(8)5(4,6)7/h4H,2H2,1H3/t4-/m1/s1. The van der Waals surface area contributed by atoms with Crippen LogP contribution in [0.2, 0.25) is 0 Å². The number of carbonyl (C=O) groups is 1. The minimum Gasteiger partial charge on any atom is -0.377 e. The van der Waals surface area contributed by atoms with Crippen LogP contribution in [0.5, 0.6) is 0 Å². The molecule has 0 aromatic heterocycles. The van der Waals surface area contributed by atoms with Gasteiger partial charge in [0, 0.05) is 13.5 Å². The lowest BCUT2D eigenvalue weighted by molar-refractivity contribution is -0.134. The summed E-state index contributed by atoms with van der Waals surface area (Å²) in [7, 11) is 1.48. The second-order valence-electron chi connectivity index (χ2n) is 1.97. The number of rotatable bonds is 1. The van der Waals surface area contributed by atoms with E-state index in [1.807, 2.05) is 0 Å². The van der Waals surface area contributed by atoms with Crippen molar-refractivity contribution in [2.75, 3.05) is 7.11 Å². The molecule has 4 heteroatoms. The van der Waals surface area contributed by atoms with Gasteiger partial charge < -0.3 is 4.74 Å². The molecule has 0 unspecified atom stereocenters. The number of hydrogen-bond acceptors (Lipinski definition) is 2. The van der Waals surface area contributed by atoms with Gasteiger partial charge in [-0.15, -0.1) is 0 Å². The largest absolute Gasteiger partial charge is 0.377 e. The number of methoxy groups -OCH3 is 1. The lowest BCUT2D eigenvalue weighted by atomic mass is 9.93. The Morgan fingerprint density at radius 1 is 1.78 bits per heavy atom. The van der Waals surface area contributed by atoms with E-state index in [0.29, 0.717) is 6.42 Å². The number of Topliss-reactive ketones (excluding diaryl/α,β-unsaturated/α-hetero) is 1. The summed E-state index contributed by atoms with van der Waals surface area (Å²) in [6, 6.07) is 0. The van der Waals surface area contributed by atoms with Gasteiger partial charge in [0.15, 0.2) is 5.78 Å². The highest BCUT2D eigenvalue weighted by Crippen LogP contribution is 2.40. The van der Waals surface area contributed by atoms with E-state index in [2.05, 4.69) is 0 Å². The van der Waals surface area contributed by atoms with Gasteiger partial charge in [-0.1, -0.05) is 23.2 Å². The SMILES string of the molecule is CO[C@@H]1CC(=O)C1(Cl)Cl. The van der Waals surface area contributed by atoms with Gasteiger partial charge >= 0.3 is 0 Å². The van der Waals surface area contributed by atoms with Crippen LogP contribution < -0.4 is 0 Å². The van der Waals surface area contributed by atoms with Crippen molar-refractivity contribution < 1.29 is 9.53 Å². The zero-order valence-electron chi connectivity index (χ0n) is 4.86. The van der Waals surface area contributed by atoms with Gasteiger partial charge in [-0.25, -0.2) is 0 Å². The molecule has 0 spiro atoms. The molecule has 52 valence electrons. The quantitative estimate of drug-likeness (QED) is 0.550. The molecule has 1 atom stereocenters. The minimum atomic E-state index is -1.27. The molecule has 0 saturated heterocycles. The van der Waals surface area contributed by atoms with E-state index >= 15 is 0 Å². The maximum absolute atomic E-state index is 10.6. The molecule has 0 amide bonds. The zero-order valence-corrected chi connectivity index (χ0v) is 6.37. The van der Waals surface area contributed by atoms with Crippen molar-refractivity contribution in [3.05, 3.63) is 0 Å². The summed E-state index contributed by atoms with van der Waals surface area (Å²) in [5.74, 6) is -0.155. The Morgan fingerprint density at radius 3 is 2.44 bits per heavy atom. The Labute approximate surface area is 63.1 Å². The molecule has 0 aromatic carbocycles. The fraction of sp³-hybridized carbons (Fsp3) is 0.800.